The lowest BCUT2D eigenvalue weighted by Gasteiger charge is -2.28. The summed E-state index contributed by atoms with van der Waals surface area (Å²) in [5, 5.41) is 15.2. The number of nitro groups is 1. The van der Waals surface area contributed by atoms with Crippen LogP contribution in [0.25, 0.3) is 5.69 Å². The van der Waals surface area contributed by atoms with Crippen LogP contribution in [0.4, 0.5) is 11.4 Å². The van der Waals surface area contributed by atoms with E-state index in [0.717, 1.165) is 49.6 Å². The molecule has 0 saturated carbocycles. The maximum atomic E-state index is 11.0. The van der Waals surface area contributed by atoms with Gasteiger partial charge in [0.1, 0.15) is 5.75 Å². The molecule has 1 fully saturated rings. The molecule has 43 heavy (non-hydrogen) atoms. The van der Waals surface area contributed by atoms with E-state index in [1.54, 1.807) is 31.0 Å². The van der Waals surface area contributed by atoms with Gasteiger partial charge in [-0.25, -0.2) is 0 Å². The number of ether oxygens (including phenoxy) is 1. The lowest BCUT2D eigenvalue weighted by molar-refractivity contribution is -0.384. The smallest absolute Gasteiger partial charge is 0.269 e. The van der Waals surface area contributed by atoms with Gasteiger partial charge in [0.15, 0.2) is 5.11 Å². The Kier molecular flexibility index (Phi) is 7.88. The Balaban J connectivity index is 1.37. The van der Waals surface area contributed by atoms with E-state index in [2.05, 4.69) is 65.0 Å². The molecule has 2 atom stereocenters. The Morgan fingerprint density at radius 1 is 0.930 bits per heavy atom. The SMILES string of the molecule is COc1cccc(-n2c(C)cc([C@H]3[C@H](c4ccccn4)NC(=S)N3c3ccc(Sc4ccc([N+](=O)[O-])cc4)cc3)c2C)c1. The maximum Gasteiger partial charge on any atom is 0.269 e. The van der Waals surface area contributed by atoms with Gasteiger partial charge in [0.05, 0.1) is 29.8 Å². The van der Waals surface area contributed by atoms with Crippen LogP contribution in [0.5, 0.6) is 5.75 Å². The summed E-state index contributed by atoms with van der Waals surface area (Å²) in [6.45, 7) is 4.25. The molecule has 3 heterocycles. The molecule has 1 saturated heterocycles. The number of rotatable bonds is 8. The number of aryl methyl sites for hydroxylation is 1. The maximum absolute atomic E-state index is 11.0. The second-order valence-corrected chi connectivity index (χ2v) is 11.7. The molecule has 1 N–H and O–H groups in total. The number of anilines is 1. The molecule has 0 bridgehead atoms. The highest BCUT2D eigenvalue weighted by atomic mass is 32.2. The third kappa shape index (κ3) is 5.59. The van der Waals surface area contributed by atoms with Gasteiger partial charge in [-0.05, 0) is 98.4 Å². The number of aromatic nitrogens is 2. The number of non-ortho nitro benzene ring substituents is 1. The van der Waals surface area contributed by atoms with Crippen molar-refractivity contribution in [1.82, 2.24) is 14.9 Å². The van der Waals surface area contributed by atoms with E-state index in [4.69, 9.17) is 21.9 Å². The highest BCUT2D eigenvalue weighted by Gasteiger charge is 2.42. The number of hydrogen-bond acceptors (Lipinski definition) is 6. The number of pyridine rings is 1. The van der Waals surface area contributed by atoms with Crippen molar-refractivity contribution in [3.63, 3.8) is 0 Å². The Labute approximate surface area is 259 Å². The molecule has 1 aliphatic rings. The van der Waals surface area contributed by atoms with E-state index >= 15 is 0 Å². The van der Waals surface area contributed by atoms with Crippen LogP contribution in [0, 0.1) is 24.0 Å². The standard InChI is InChI=1S/C33H29N5O3S2/c1-21-19-29(22(2)36(21)25-7-6-8-26(20-25)41-3)32-31(30-9-4-5-18-34-30)35-33(42)37(32)23-10-14-27(15-11-23)43-28-16-12-24(13-17-28)38(39)40/h4-20,31-32H,1-3H3,(H,35,42)/t31-,32-/m0/s1. The number of thiocarbonyl (C=S) groups is 1. The highest BCUT2D eigenvalue weighted by Crippen LogP contribution is 2.44. The summed E-state index contributed by atoms with van der Waals surface area (Å²) in [4.78, 5) is 19.4. The Morgan fingerprint density at radius 2 is 1.65 bits per heavy atom. The molecule has 0 radical (unpaired) electrons. The fourth-order valence-corrected chi connectivity index (χ4v) is 6.79. The molecule has 0 amide bonds. The van der Waals surface area contributed by atoms with Gasteiger partial charge in [0, 0.05) is 56.9 Å². The summed E-state index contributed by atoms with van der Waals surface area (Å²) in [5.74, 6) is 0.801. The van der Waals surface area contributed by atoms with E-state index < -0.39 is 0 Å². The minimum Gasteiger partial charge on any atom is -0.497 e. The zero-order chi connectivity index (χ0) is 30.1. The first-order chi connectivity index (χ1) is 20.8. The van der Waals surface area contributed by atoms with Crippen LogP contribution >= 0.6 is 24.0 Å². The zero-order valence-electron chi connectivity index (χ0n) is 23.8. The van der Waals surface area contributed by atoms with Gasteiger partial charge in [-0.15, -0.1) is 0 Å². The van der Waals surface area contributed by atoms with Crippen LogP contribution in [0.1, 0.15) is 34.7 Å². The quantitative estimate of drug-likeness (QED) is 0.109. The van der Waals surface area contributed by atoms with Gasteiger partial charge in [-0.1, -0.05) is 23.9 Å². The van der Waals surface area contributed by atoms with Crippen molar-refractivity contribution in [2.24, 2.45) is 0 Å². The largest absolute Gasteiger partial charge is 0.497 e. The number of methoxy groups -OCH3 is 1. The molecule has 0 unspecified atom stereocenters. The molecule has 0 spiro atoms. The van der Waals surface area contributed by atoms with E-state index in [1.807, 2.05) is 42.6 Å². The van der Waals surface area contributed by atoms with Gasteiger partial charge < -0.3 is 19.5 Å². The predicted molar refractivity (Wildman–Crippen MR) is 173 cm³/mol. The highest BCUT2D eigenvalue weighted by molar-refractivity contribution is 7.99. The van der Waals surface area contributed by atoms with Crippen molar-refractivity contribution in [1.29, 1.82) is 0 Å². The van der Waals surface area contributed by atoms with E-state index in [9.17, 15) is 10.1 Å². The summed E-state index contributed by atoms with van der Waals surface area (Å²) in [6.07, 6.45) is 1.81. The molecule has 10 heteroatoms. The summed E-state index contributed by atoms with van der Waals surface area (Å²) >= 11 is 7.51. The molecule has 0 aliphatic carbocycles. The first kappa shape index (κ1) is 28.4. The lowest BCUT2D eigenvalue weighted by Crippen LogP contribution is -2.29. The minimum absolute atomic E-state index is 0.0778. The molecule has 8 nitrogen and oxygen atoms in total. The van der Waals surface area contributed by atoms with Crippen LogP contribution in [0.3, 0.4) is 0 Å². The van der Waals surface area contributed by atoms with Gasteiger partial charge >= 0.3 is 0 Å². The normalized spacial score (nSPS) is 16.3. The first-order valence-electron chi connectivity index (χ1n) is 13.7. The van der Waals surface area contributed by atoms with Crippen molar-refractivity contribution < 1.29 is 9.66 Å². The first-order valence-corrected chi connectivity index (χ1v) is 14.9. The Morgan fingerprint density at radius 3 is 2.30 bits per heavy atom. The number of hydrogen-bond donors (Lipinski definition) is 1. The van der Waals surface area contributed by atoms with Crippen molar-refractivity contribution in [3.05, 3.63) is 136 Å². The minimum atomic E-state index is -0.390. The lowest BCUT2D eigenvalue weighted by atomic mass is 9.96. The number of nitro benzene ring substituents is 1. The summed E-state index contributed by atoms with van der Waals surface area (Å²) < 4.78 is 7.75. The average Bonchev–Trinajstić information content (AvgIpc) is 3.52. The van der Waals surface area contributed by atoms with Gasteiger partial charge in [0.25, 0.3) is 5.69 Å². The fraction of sp³-hybridized carbons (Fsp3) is 0.152. The fourth-order valence-electron chi connectivity index (χ4n) is 5.63. The van der Waals surface area contributed by atoms with Gasteiger partial charge in [0.2, 0.25) is 0 Å². The van der Waals surface area contributed by atoms with Gasteiger partial charge in [-0.3, -0.25) is 15.1 Å². The zero-order valence-corrected chi connectivity index (χ0v) is 25.4. The van der Waals surface area contributed by atoms with Crippen LogP contribution in [-0.2, 0) is 0 Å². The molecular formula is C33H29N5O3S2. The average molecular weight is 608 g/mol. The Hall–Kier alpha value is -4.67. The summed E-state index contributed by atoms with van der Waals surface area (Å²) in [7, 11) is 1.68. The molecule has 5 aromatic rings. The summed E-state index contributed by atoms with van der Waals surface area (Å²) in [5.41, 5.74) is 6.34. The van der Waals surface area contributed by atoms with Crippen molar-refractivity contribution in [3.8, 4) is 11.4 Å². The number of nitrogens with zero attached hydrogens (tertiary/aromatic N) is 4. The van der Waals surface area contributed by atoms with E-state index in [0.29, 0.717) is 5.11 Å². The molecule has 2 aromatic heterocycles. The second-order valence-electron chi connectivity index (χ2n) is 10.2. The third-order valence-corrected chi connectivity index (χ3v) is 8.93. The molecule has 3 aromatic carbocycles. The third-order valence-electron chi connectivity index (χ3n) is 7.60. The molecular weight excluding hydrogens is 579 g/mol. The van der Waals surface area contributed by atoms with E-state index in [-0.39, 0.29) is 22.7 Å². The van der Waals surface area contributed by atoms with Crippen molar-refractivity contribution >= 4 is 40.5 Å². The van der Waals surface area contributed by atoms with Gasteiger partial charge in [-0.2, -0.15) is 0 Å². The predicted octanol–water partition coefficient (Wildman–Crippen LogP) is 7.73. The van der Waals surface area contributed by atoms with Crippen LogP contribution in [-0.4, -0.2) is 26.7 Å². The second kappa shape index (κ2) is 11.9. The topological polar surface area (TPSA) is 85.5 Å². The molecule has 1 aliphatic heterocycles. The van der Waals surface area contributed by atoms with Crippen LogP contribution < -0.4 is 15.0 Å². The van der Waals surface area contributed by atoms with Crippen molar-refractivity contribution in [2.45, 2.75) is 35.7 Å². The monoisotopic (exact) mass is 607 g/mol. The molecule has 6 rings (SSSR count). The number of benzene rings is 3. The van der Waals surface area contributed by atoms with Crippen molar-refractivity contribution in [2.75, 3.05) is 12.0 Å². The summed E-state index contributed by atoms with van der Waals surface area (Å²) in [6, 6.07) is 30.7. The number of nitrogens with one attached hydrogen (secondary N) is 1. The van der Waals surface area contributed by atoms with Crippen LogP contribution in [0.15, 0.2) is 113 Å². The van der Waals surface area contributed by atoms with E-state index in [1.165, 1.54) is 12.1 Å². The van der Waals surface area contributed by atoms with Crippen LogP contribution in [0.2, 0.25) is 0 Å². The Bertz CT molecular complexity index is 1790. The molecule has 216 valence electrons.